The maximum absolute atomic E-state index is 13.6. The normalized spacial score (nSPS) is 14.2. The summed E-state index contributed by atoms with van der Waals surface area (Å²) in [4.78, 5) is 31.9. The number of aromatic nitrogens is 2. The summed E-state index contributed by atoms with van der Waals surface area (Å²) in [6.45, 7) is 1.58. The average molecular weight is 533 g/mol. The summed E-state index contributed by atoms with van der Waals surface area (Å²) in [5, 5.41) is 15.1. The number of carbonyl (C=O) groups is 2. The first-order chi connectivity index (χ1) is 18.9. The molecule has 1 aliphatic rings. The van der Waals surface area contributed by atoms with E-state index in [4.69, 9.17) is 14.8 Å². The Morgan fingerprint density at radius 3 is 2.56 bits per heavy atom. The zero-order valence-corrected chi connectivity index (χ0v) is 22.2. The number of amides is 2. The van der Waals surface area contributed by atoms with Crippen LogP contribution in [-0.4, -0.2) is 70.4 Å². The number of benzene rings is 2. The van der Waals surface area contributed by atoms with Crippen LogP contribution in [0.3, 0.4) is 0 Å². The van der Waals surface area contributed by atoms with Crippen LogP contribution in [0.15, 0.2) is 48.5 Å². The molecule has 39 heavy (non-hydrogen) atoms. The number of hydrogen-bond donors (Lipinski definition) is 2. The van der Waals surface area contributed by atoms with Crippen molar-refractivity contribution >= 4 is 33.6 Å². The first-order valence-electron chi connectivity index (χ1n) is 13.3. The molecule has 3 heterocycles. The number of aryl methyl sites for hydroxylation is 2. The first kappa shape index (κ1) is 26.6. The van der Waals surface area contributed by atoms with Gasteiger partial charge in [0.2, 0.25) is 5.91 Å². The predicted octanol–water partition coefficient (Wildman–Crippen LogP) is 4.02. The Bertz CT molecular complexity index is 1520. The van der Waals surface area contributed by atoms with Crippen LogP contribution in [0, 0.1) is 0 Å². The van der Waals surface area contributed by atoms with Crippen LogP contribution in [-0.2, 0) is 18.3 Å². The number of nitrogens with one attached hydrogen (secondary N) is 1. The van der Waals surface area contributed by atoms with Crippen LogP contribution < -0.4 is 10.1 Å². The number of nitrogens with zero attached hydrogens (tertiary/aromatic N) is 3. The fraction of sp³-hybridized carbons (Fsp3) is 0.367. The largest absolute Gasteiger partial charge is 0.488 e. The SMILES string of the molecule is CCc1nc2c(cc1-c1ccc3ccccc3c1)c(OCCF)c(C(=O)NC1CCN(C(=O)CO)CC1)n2C. The molecule has 1 fully saturated rings. The fourth-order valence-corrected chi connectivity index (χ4v) is 5.39. The van der Waals surface area contributed by atoms with Gasteiger partial charge in [0, 0.05) is 31.7 Å². The van der Waals surface area contributed by atoms with E-state index < -0.39 is 13.3 Å². The van der Waals surface area contributed by atoms with Crippen molar-refractivity contribution in [2.75, 3.05) is 33.0 Å². The topological polar surface area (TPSA) is 96.7 Å². The summed E-state index contributed by atoms with van der Waals surface area (Å²) in [6, 6.07) is 16.3. The van der Waals surface area contributed by atoms with Gasteiger partial charge in [0.25, 0.3) is 5.91 Å². The highest BCUT2D eigenvalue weighted by molar-refractivity contribution is 6.04. The van der Waals surface area contributed by atoms with E-state index in [0.29, 0.717) is 49.1 Å². The summed E-state index contributed by atoms with van der Waals surface area (Å²) < 4.78 is 20.8. The Labute approximate surface area is 226 Å². The quantitative estimate of drug-likeness (QED) is 0.357. The molecule has 0 saturated carbocycles. The van der Waals surface area contributed by atoms with Gasteiger partial charge in [-0.25, -0.2) is 9.37 Å². The van der Waals surface area contributed by atoms with Gasteiger partial charge in [-0.05, 0) is 47.7 Å². The van der Waals surface area contributed by atoms with Gasteiger partial charge in [0.05, 0.1) is 11.1 Å². The van der Waals surface area contributed by atoms with E-state index in [-0.39, 0.29) is 30.2 Å². The molecule has 0 bridgehead atoms. The molecule has 5 rings (SSSR count). The van der Waals surface area contributed by atoms with Crippen molar-refractivity contribution in [2.24, 2.45) is 7.05 Å². The Morgan fingerprint density at radius 2 is 1.87 bits per heavy atom. The lowest BCUT2D eigenvalue weighted by molar-refractivity contribution is -0.135. The summed E-state index contributed by atoms with van der Waals surface area (Å²) in [7, 11) is 1.77. The summed E-state index contributed by atoms with van der Waals surface area (Å²) in [6.07, 6.45) is 1.84. The van der Waals surface area contributed by atoms with Crippen LogP contribution >= 0.6 is 0 Å². The van der Waals surface area contributed by atoms with Crippen LogP contribution in [0.1, 0.15) is 35.9 Å². The van der Waals surface area contributed by atoms with Gasteiger partial charge in [-0.3, -0.25) is 9.59 Å². The smallest absolute Gasteiger partial charge is 0.272 e. The Balaban J connectivity index is 1.53. The highest BCUT2D eigenvalue weighted by atomic mass is 19.1. The number of carbonyl (C=O) groups excluding carboxylic acids is 2. The highest BCUT2D eigenvalue weighted by Gasteiger charge is 2.29. The second-order valence-corrected chi connectivity index (χ2v) is 9.83. The molecule has 2 aromatic carbocycles. The van der Waals surface area contributed by atoms with Gasteiger partial charge in [0.1, 0.15) is 25.5 Å². The number of fused-ring (bicyclic) bond motifs is 2. The molecular formula is C30H33FN4O4. The number of aliphatic hydroxyl groups excluding tert-OH is 1. The first-order valence-corrected chi connectivity index (χ1v) is 13.3. The molecular weight excluding hydrogens is 499 g/mol. The van der Waals surface area contributed by atoms with Crippen molar-refractivity contribution in [1.29, 1.82) is 0 Å². The third-order valence-corrected chi connectivity index (χ3v) is 7.45. The second kappa shape index (κ2) is 11.4. The molecule has 8 nitrogen and oxygen atoms in total. The number of ether oxygens (including phenoxy) is 1. The summed E-state index contributed by atoms with van der Waals surface area (Å²) >= 11 is 0. The van der Waals surface area contributed by atoms with Crippen LogP contribution in [0.25, 0.3) is 32.9 Å². The molecule has 204 valence electrons. The zero-order chi connectivity index (χ0) is 27.5. The van der Waals surface area contributed by atoms with Crippen LogP contribution in [0.4, 0.5) is 4.39 Å². The van der Waals surface area contributed by atoms with Crippen molar-refractivity contribution in [3.63, 3.8) is 0 Å². The number of piperidine rings is 1. The van der Waals surface area contributed by atoms with E-state index in [1.54, 1.807) is 16.5 Å². The van der Waals surface area contributed by atoms with Crippen molar-refractivity contribution in [3.8, 4) is 16.9 Å². The molecule has 0 aliphatic carbocycles. The van der Waals surface area contributed by atoms with E-state index in [1.807, 2.05) is 25.1 Å². The van der Waals surface area contributed by atoms with Crippen molar-refractivity contribution in [1.82, 2.24) is 19.8 Å². The molecule has 9 heteroatoms. The van der Waals surface area contributed by atoms with E-state index in [0.717, 1.165) is 27.6 Å². The molecule has 2 amide bonds. The lowest BCUT2D eigenvalue weighted by Gasteiger charge is -2.32. The van der Waals surface area contributed by atoms with E-state index in [9.17, 15) is 14.0 Å². The number of halogens is 1. The molecule has 2 aromatic heterocycles. The number of aliphatic hydroxyl groups is 1. The Morgan fingerprint density at radius 1 is 1.13 bits per heavy atom. The number of likely N-dealkylation sites (tertiary alicyclic amines) is 1. The molecule has 0 unspecified atom stereocenters. The number of alkyl halides is 1. The van der Waals surface area contributed by atoms with Gasteiger partial charge in [-0.1, -0.05) is 43.3 Å². The molecule has 2 N–H and O–H groups in total. The van der Waals surface area contributed by atoms with E-state index >= 15 is 0 Å². The summed E-state index contributed by atoms with van der Waals surface area (Å²) in [5.74, 6) is -0.329. The third kappa shape index (κ3) is 5.18. The average Bonchev–Trinajstić information content (AvgIpc) is 3.25. The predicted molar refractivity (Wildman–Crippen MR) is 149 cm³/mol. The lowest BCUT2D eigenvalue weighted by atomic mass is 9.98. The monoisotopic (exact) mass is 532 g/mol. The van der Waals surface area contributed by atoms with Crippen molar-refractivity contribution in [2.45, 2.75) is 32.2 Å². The van der Waals surface area contributed by atoms with Gasteiger partial charge in [0.15, 0.2) is 11.4 Å². The summed E-state index contributed by atoms with van der Waals surface area (Å²) in [5.41, 5.74) is 3.73. The maximum Gasteiger partial charge on any atom is 0.272 e. The second-order valence-electron chi connectivity index (χ2n) is 9.83. The molecule has 1 saturated heterocycles. The van der Waals surface area contributed by atoms with Crippen LogP contribution in [0.2, 0.25) is 0 Å². The lowest BCUT2D eigenvalue weighted by Crippen LogP contribution is -2.47. The Kier molecular flexibility index (Phi) is 7.79. The number of pyridine rings is 1. The Hall–Kier alpha value is -3.98. The fourth-order valence-electron chi connectivity index (χ4n) is 5.39. The van der Waals surface area contributed by atoms with Gasteiger partial charge in [-0.2, -0.15) is 0 Å². The minimum atomic E-state index is -0.688. The zero-order valence-electron chi connectivity index (χ0n) is 22.2. The minimum Gasteiger partial charge on any atom is -0.488 e. The molecule has 0 radical (unpaired) electrons. The third-order valence-electron chi connectivity index (χ3n) is 7.45. The van der Waals surface area contributed by atoms with Crippen molar-refractivity contribution < 1.29 is 23.8 Å². The van der Waals surface area contributed by atoms with Crippen LogP contribution in [0.5, 0.6) is 5.75 Å². The molecule has 4 aromatic rings. The molecule has 0 atom stereocenters. The number of rotatable bonds is 8. The van der Waals surface area contributed by atoms with Gasteiger partial charge < -0.3 is 24.6 Å². The highest BCUT2D eigenvalue weighted by Crippen LogP contribution is 2.37. The molecule has 1 aliphatic heterocycles. The standard InChI is InChI=1S/C30H33FN4O4/c1-3-25-23(21-9-8-19-6-4-5-7-20(19)16-21)17-24-28(39-15-12-31)27(34(2)29(24)33-25)30(38)32-22-10-13-35(14-11-22)26(37)18-36/h4-9,16-17,22,36H,3,10-15,18H2,1-2H3,(H,32,38). The minimum absolute atomic E-state index is 0.139. The van der Waals surface area contributed by atoms with E-state index in [2.05, 4.69) is 35.6 Å². The van der Waals surface area contributed by atoms with Gasteiger partial charge >= 0.3 is 0 Å². The van der Waals surface area contributed by atoms with Crippen molar-refractivity contribution in [3.05, 3.63) is 59.9 Å². The maximum atomic E-state index is 13.6. The van der Waals surface area contributed by atoms with E-state index in [1.165, 1.54) is 0 Å². The van der Waals surface area contributed by atoms with Gasteiger partial charge in [-0.15, -0.1) is 0 Å². The number of hydrogen-bond acceptors (Lipinski definition) is 5. The molecule has 0 spiro atoms.